The van der Waals surface area contributed by atoms with Crippen molar-refractivity contribution < 1.29 is 19.2 Å². The second kappa shape index (κ2) is 5.36. The smallest absolute Gasteiger partial charge is 0.311 e. The van der Waals surface area contributed by atoms with Crippen LogP contribution in [0.3, 0.4) is 0 Å². The minimum absolute atomic E-state index is 0.0249. The fraction of sp³-hybridized carbons (Fsp3) is 0.462. The summed E-state index contributed by atoms with van der Waals surface area (Å²) in [6.07, 6.45) is -0.813. The first-order chi connectivity index (χ1) is 9.04. The number of hydrogen-bond acceptors (Lipinski definition) is 5. The summed E-state index contributed by atoms with van der Waals surface area (Å²) >= 11 is 0. The third kappa shape index (κ3) is 2.58. The van der Waals surface area contributed by atoms with Gasteiger partial charge in [0, 0.05) is 19.1 Å². The highest BCUT2D eigenvalue weighted by molar-refractivity contribution is 5.90. The number of nitrogens with zero attached hydrogens (tertiary/aromatic N) is 1. The monoisotopic (exact) mass is 265 g/mol. The number of aryl methyl sites for hydroxylation is 1. The van der Waals surface area contributed by atoms with Crippen LogP contribution in [-0.4, -0.2) is 29.5 Å². The van der Waals surface area contributed by atoms with Gasteiger partial charge in [-0.2, -0.15) is 0 Å². The number of benzene rings is 1. The Bertz CT molecular complexity index is 514. The molecule has 0 spiro atoms. The predicted octanol–water partition coefficient (Wildman–Crippen LogP) is 2.03. The number of para-hydroxylation sites is 1. The number of carbonyl (C=O) groups is 1. The molecular weight excluding hydrogens is 250 g/mol. The van der Waals surface area contributed by atoms with Gasteiger partial charge in [-0.1, -0.05) is 12.1 Å². The molecule has 0 N–H and O–H groups in total. The van der Waals surface area contributed by atoms with Crippen molar-refractivity contribution in [2.45, 2.75) is 32.5 Å². The molecule has 1 saturated carbocycles. The fourth-order valence-electron chi connectivity index (χ4n) is 2.04. The highest BCUT2D eigenvalue weighted by atomic mass is 16.6. The zero-order valence-corrected chi connectivity index (χ0v) is 10.8. The molecule has 0 heterocycles. The zero-order valence-electron chi connectivity index (χ0n) is 10.8. The Kier molecular flexibility index (Phi) is 3.80. The third-order valence-corrected chi connectivity index (χ3v) is 3.06. The van der Waals surface area contributed by atoms with Crippen LogP contribution in [-0.2, 0) is 9.53 Å². The van der Waals surface area contributed by atoms with Gasteiger partial charge in [0.25, 0.3) is 0 Å². The van der Waals surface area contributed by atoms with E-state index < -0.39 is 17.1 Å². The van der Waals surface area contributed by atoms with Crippen molar-refractivity contribution in [1.29, 1.82) is 0 Å². The minimum atomic E-state index is -0.607. The summed E-state index contributed by atoms with van der Waals surface area (Å²) in [6.45, 7) is 3.93. The lowest BCUT2D eigenvalue weighted by atomic mass is 9.90. The summed E-state index contributed by atoms with van der Waals surface area (Å²) in [5, 5.41) is 11.0. The quantitative estimate of drug-likeness (QED) is 0.601. The van der Waals surface area contributed by atoms with Crippen LogP contribution >= 0.6 is 0 Å². The highest BCUT2D eigenvalue weighted by Gasteiger charge is 2.43. The highest BCUT2D eigenvalue weighted by Crippen LogP contribution is 2.34. The van der Waals surface area contributed by atoms with Crippen LogP contribution in [0.15, 0.2) is 18.2 Å². The Morgan fingerprint density at radius 2 is 2.21 bits per heavy atom. The van der Waals surface area contributed by atoms with E-state index >= 15 is 0 Å². The fourth-order valence-corrected chi connectivity index (χ4v) is 2.04. The summed E-state index contributed by atoms with van der Waals surface area (Å²) < 4.78 is 10.9. The SMILES string of the molecule is CCOC1C(=O)CC1Oc1c(C)cccc1[N+](=O)[O-]. The molecule has 1 aliphatic rings. The number of ketones is 1. The van der Waals surface area contributed by atoms with Gasteiger partial charge in [-0.3, -0.25) is 14.9 Å². The van der Waals surface area contributed by atoms with Crippen molar-refractivity contribution in [2.24, 2.45) is 0 Å². The number of carbonyl (C=O) groups excluding carboxylic acids is 1. The summed E-state index contributed by atoms with van der Waals surface area (Å²) in [5.41, 5.74) is 0.582. The summed E-state index contributed by atoms with van der Waals surface area (Å²) in [6, 6.07) is 4.73. The van der Waals surface area contributed by atoms with E-state index in [2.05, 4.69) is 0 Å². The maximum atomic E-state index is 11.4. The molecule has 2 atom stereocenters. The summed E-state index contributed by atoms with van der Waals surface area (Å²) in [7, 11) is 0. The van der Waals surface area contributed by atoms with E-state index in [1.54, 1.807) is 26.0 Å². The Labute approximate surface area is 110 Å². The van der Waals surface area contributed by atoms with Crippen LogP contribution in [0.4, 0.5) is 5.69 Å². The molecule has 2 rings (SSSR count). The van der Waals surface area contributed by atoms with Gasteiger partial charge in [0.15, 0.2) is 17.6 Å². The average Bonchev–Trinajstić information content (AvgIpc) is 2.37. The van der Waals surface area contributed by atoms with Crippen LogP contribution in [0.1, 0.15) is 18.9 Å². The largest absolute Gasteiger partial charge is 0.480 e. The zero-order chi connectivity index (χ0) is 14.0. The van der Waals surface area contributed by atoms with Crippen molar-refractivity contribution >= 4 is 11.5 Å². The van der Waals surface area contributed by atoms with E-state index in [1.165, 1.54) is 6.07 Å². The van der Waals surface area contributed by atoms with Crippen molar-refractivity contribution in [2.75, 3.05) is 6.61 Å². The molecule has 0 amide bonds. The van der Waals surface area contributed by atoms with Crippen molar-refractivity contribution in [3.63, 3.8) is 0 Å². The lowest BCUT2D eigenvalue weighted by Gasteiger charge is -2.34. The number of rotatable bonds is 5. The van der Waals surface area contributed by atoms with E-state index in [-0.39, 0.29) is 23.6 Å². The Balaban J connectivity index is 2.20. The maximum absolute atomic E-state index is 11.4. The molecule has 1 aromatic carbocycles. The van der Waals surface area contributed by atoms with Gasteiger partial charge >= 0.3 is 5.69 Å². The maximum Gasteiger partial charge on any atom is 0.311 e. The lowest BCUT2D eigenvalue weighted by molar-refractivity contribution is -0.386. The van der Waals surface area contributed by atoms with Crippen molar-refractivity contribution in [3.8, 4) is 5.75 Å². The first-order valence-corrected chi connectivity index (χ1v) is 6.09. The number of hydrogen-bond donors (Lipinski definition) is 0. The molecule has 0 aliphatic heterocycles. The van der Waals surface area contributed by atoms with E-state index in [0.29, 0.717) is 12.2 Å². The average molecular weight is 265 g/mol. The Morgan fingerprint density at radius 3 is 2.79 bits per heavy atom. The molecule has 1 fully saturated rings. The lowest BCUT2D eigenvalue weighted by Crippen LogP contribution is -2.52. The van der Waals surface area contributed by atoms with E-state index in [9.17, 15) is 14.9 Å². The van der Waals surface area contributed by atoms with Gasteiger partial charge in [-0.15, -0.1) is 0 Å². The van der Waals surface area contributed by atoms with Crippen LogP contribution in [0.2, 0.25) is 0 Å². The number of ether oxygens (including phenoxy) is 2. The number of nitro groups is 1. The normalized spacial score (nSPS) is 21.9. The van der Waals surface area contributed by atoms with Gasteiger partial charge in [-0.05, 0) is 19.4 Å². The Hall–Kier alpha value is -1.95. The second-order valence-corrected chi connectivity index (χ2v) is 4.38. The molecule has 0 aromatic heterocycles. The van der Waals surface area contributed by atoms with Gasteiger partial charge in [0.2, 0.25) is 0 Å². The molecule has 1 aromatic rings. The molecule has 6 heteroatoms. The first kappa shape index (κ1) is 13.5. The van der Waals surface area contributed by atoms with Crippen LogP contribution < -0.4 is 4.74 Å². The molecule has 0 radical (unpaired) electrons. The topological polar surface area (TPSA) is 78.7 Å². The van der Waals surface area contributed by atoms with Gasteiger partial charge in [-0.25, -0.2) is 0 Å². The second-order valence-electron chi connectivity index (χ2n) is 4.38. The predicted molar refractivity (Wildman–Crippen MR) is 67.3 cm³/mol. The number of Topliss-reactive ketones (excluding diaryl/α,β-unsaturated/α-hetero) is 1. The summed E-state index contributed by atoms with van der Waals surface area (Å²) in [5.74, 6) is 0.192. The van der Waals surface area contributed by atoms with Gasteiger partial charge in [0.05, 0.1) is 4.92 Å². The molecule has 0 bridgehead atoms. The van der Waals surface area contributed by atoms with Crippen molar-refractivity contribution in [1.82, 2.24) is 0 Å². The molecule has 6 nitrogen and oxygen atoms in total. The van der Waals surface area contributed by atoms with E-state index in [1.807, 2.05) is 0 Å². The van der Waals surface area contributed by atoms with Crippen molar-refractivity contribution in [3.05, 3.63) is 33.9 Å². The minimum Gasteiger partial charge on any atom is -0.480 e. The van der Waals surface area contributed by atoms with E-state index in [0.717, 1.165) is 0 Å². The molecule has 102 valence electrons. The van der Waals surface area contributed by atoms with Crippen LogP contribution in [0, 0.1) is 17.0 Å². The Morgan fingerprint density at radius 1 is 1.47 bits per heavy atom. The molecule has 1 aliphatic carbocycles. The molecular formula is C13H15NO5. The third-order valence-electron chi connectivity index (χ3n) is 3.06. The van der Waals surface area contributed by atoms with Gasteiger partial charge < -0.3 is 9.47 Å². The molecule has 19 heavy (non-hydrogen) atoms. The first-order valence-electron chi connectivity index (χ1n) is 6.09. The van der Waals surface area contributed by atoms with Gasteiger partial charge in [0.1, 0.15) is 6.10 Å². The standard InChI is InChI=1S/C13H15NO5/c1-3-18-13-10(15)7-11(13)19-12-8(2)5-4-6-9(12)14(16)17/h4-6,11,13H,3,7H2,1-2H3. The molecule has 0 saturated heterocycles. The van der Waals surface area contributed by atoms with Crippen LogP contribution in [0.5, 0.6) is 5.75 Å². The summed E-state index contributed by atoms with van der Waals surface area (Å²) in [4.78, 5) is 21.9. The van der Waals surface area contributed by atoms with E-state index in [4.69, 9.17) is 9.47 Å². The van der Waals surface area contributed by atoms with Crippen LogP contribution in [0.25, 0.3) is 0 Å². The number of nitro benzene ring substituents is 1. The molecule has 2 unspecified atom stereocenters.